The first-order chi connectivity index (χ1) is 11.3. The minimum absolute atomic E-state index is 0.368. The van der Waals surface area contributed by atoms with Gasteiger partial charge in [-0.05, 0) is 20.3 Å². The molecule has 1 fully saturated rings. The van der Waals surface area contributed by atoms with E-state index in [2.05, 4.69) is 15.0 Å². The fraction of sp³-hybridized carbons (Fsp3) is 0.562. The molecule has 0 bridgehead atoms. The Morgan fingerprint density at radius 3 is 2.79 bits per heavy atom. The molecule has 8 nitrogen and oxygen atoms in total. The van der Waals surface area contributed by atoms with E-state index in [-0.39, 0.29) is 6.04 Å². The molecule has 130 valence electrons. The minimum Gasteiger partial charge on any atom is -0.387 e. The van der Waals surface area contributed by atoms with Crippen molar-refractivity contribution < 1.29 is 5.11 Å². The number of β-amino-alcohol motifs (C(OH)–C–C–N with tert-alkyl or cyclic N) is 1. The van der Waals surface area contributed by atoms with E-state index < -0.39 is 16.9 Å². The lowest BCUT2D eigenvalue weighted by Crippen LogP contribution is -2.54. The van der Waals surface area contributed by atoms with Crippen LogP contribution in [0, 0.1) is 6.92 Å². The van der Waals surface area contributed by atoms with Gasteiger partial charge in [0.1, 0.15) is 0 Å². The third kappa shape index (κ3) is 3.07. The standard InChI is InChI=1S/C16H23N5O3/c1-11-12(8-17-19(11)3)9-20-6-4-13(16(2,24)10-20)21-7-5-14(22)18-15(21)23/h5,7-8,13,24H,4,6,9-10H2,1-3H3,(H,18,22,23)/t13-,16-/m1/s1. The second-order valence-corrected chi connectivity index (χ2v) is 6.77. The van der Waals surface area contributed by atoms with Crippen molar-refractivity contribution in [1.82, 2.24) is 24.2 Å². The minimum atomic E-state index is -1.07. The number of aromatic amines is 1. The second kappa shape index (κ2) is 6.03. The van der Waals surface area contributed by atoms with Crippen LogP contribution in [0.1, 0.15) is 30.6 Å². The van der Waals surface area contributed by atoms with Gasteiger partial charge in [-0.25, -0.2) is 4.79 Å². The van der Waals surface area contributed by atoms with Crippen LogP contribution < -0.4 is 11.2 Å². The van der Waals surface area contributed by atoms with Crippen molar-refractivity contribution in [3.05, 3.63) is 50.6 Å². The van der Waals surface area contributed by atoms with Gasteiger partial charge in [0.25, 0.3) is 5.56 Å². The molecule has 8 heteroatoms. The molecule has 1 aliphatic rings. The third-order valence-electron chi connectivity index (χ3n) is 4.90. The van der Waals surface area contributed by atoms with Crippen LogP contribution in [-0.4, -0.2) is 48.0 Å². The van der Waals surface area contributed by atoms with Crippen molar-refractivity contribution in [2.45, 2.75) is 38.5 Å². The highest BCUT2D eigenvalue weighted by molar-refractivity contribution is 5.16. The average molecular weight is 333 g/mol. The fourth-order valence-electron chi connectivity index (χ4n) is 3.44. The lowest BCUT2D eigenvalue weighted by Gasteiger charge is -2.43. The summed E-state index contributed by atoms with van der Waals surface area (Å²) < 4.78 is 3.26. The van der Waals surface area contributed by atoms with Crippen molar-refractivity contribution >= 4 is 0 Å². The van der Waals surface area contributed by atoms with Crippen LogP contribution in [0.15, 0.2) is 28.0 Å². The Kier molecular flexibility index (Phi) is 4.18. The SMILES string of the molecule is Cc1c(CN2CC[C@@H](n3ccc(=O)[nH]c3=O)[C@](C)(O)C2)cnn1C. The van der Waals surface area contributed by atoms with Gasteiger partial charge < -0.3 is 5.11 Å². The van der Waals surface area contributed by atoms with Gasteiger partial charge in [-0.15, -0.1) is 0 Å². The van der Waals surface area contributed by atoms with E-state index in [1.165, 1.54) is 16.8 Å². The first-order valence-corrected chi connectivity index (χ1v) is 8.01. The number of aliphatic hydroxyl groups is 1. The molecule has 0 saturated carbocycles. The highest BCUT2D eigenvalue weighted by Gasteiger charge is 2.39. The van der Waals surface area contributed by atoms with Crippen LogP contribution >= 0.6 is 0 Å². The first kappa shape index (κ1) is 16.7. The summed E-state index contributed by atoms with van der Waals surface area (Å²) in [6, 6.07) is 0.941. The maximum atomic E-state index is 12.0. The largest absolute Gasteiger partial charge is 0.387 e. The van der Waals surface area contributed by atoms with Crippen molar-refractivity contribution in [1.29, 1.82) is 0 Å². The number of likely N-dealkylation sites (tertiary alicyclic amines) is 1. The van der Waals surface area contributed by atoms with E-state index in [0.717, 1.165) is 17.8 Å². The van der Waals surface area contributed by atoms with Crippen LogP contribution in [0.4, 0.5) is 0 Å². The van der Waals surface area contributed by atoms with E-state index in [1.54, 1.807) is 6.92 Å². The fourth-order valence-corrected chi connectivity index (χ4v) is 3.44. The van der Waals surface area contributed by atoms with Gasteiger partial charge in [0.05, 0.1) is 17.8 Å². The molecule has 3 rings (SSSR count). The number of nitrogens with one attached hydrogen (secondary N) is 1. The second-order valence-electron chi connectivity index (χ2n) is 6.77. The Labute approximate surface area is 139 Å². The number of nitrogens with zero attached hydrogens (tertiary/aromatic N) is 4. The van der Waals surface area contributed by atoms with E-state index in [1.807, 2.05) is 24.9 Å². The number of aryl methyl sites for hydroxylation is 1. The molecule has 0 spiro atoms. The molecule has 0 amide bonds. The normalized spacial score (nSPS) is 25.1. The van der Waals surface area contributed by atoms with Gasteiger partial charge in [-0.3, -0.25) is 23.9 Å². The maximum absolute atomic E-state index is 12.0. The number of hydrogen-bond donors (Lipinski definition) is 2. The van der Waals surface area contributed by atoms with Gasteiger partial charge >= 0.3 is 5.69 Å². The molecular formula is C16H23N5O3. The monoisotopic (exact) mass is 333 g/mol. The van der Waals surface area contributed by atoms with E-state index in [4.69, 9.17) is 0 Å². The Morgan fingerprint density at radius 2 is 2.21 bits per heavy atom. The molecule has 0 radical (unpaired) electrons. The predicted octanol–water partition coefficient (Wildman–Crippen LogP) is -0.223. The lowest BCUT2D eigenvalue weighted by atomic mass is 9.88. The Bertz CT molecular complexity index is 848. The molecule has 0 unspecified atom stereocenters. The number of hydrogen-bond acceptors (Lipinski definition) is 5. The topological polar surface area (TPSA) is 96.2 Å². The zero-order chi connectivity index (χ0) is 17.5. The van der Waals surface area contributed by atoms with Crippen molar-refractivity contribution in [3.63, 3.8) is 0 Å². The molecule has 2 atom stereocenters. The van der Waals surface area contributed by atoms with Crippen LogP contribution in [0.3, 0.4) is 0 Å². The summed E-state index contributed by atoms with van der Waals surface area (Å²) in [6.45, 7) is 5.66. The summed E-state index contributed by atoms with van der Waals surface area (Å²) in [5, 5.41) is 15.1. The van der Waals surface area contributed by atoms with Gasteiger partial charge in [-0.1, -0.05) is 0 Å². The zero-order valence-corrected chi connectivity index (χ0v) is 14.2. The molecule has 2 N–H and O–H groups in total. The quantitative estimate of drug-likeness (QED) is 0.809. The summed E-state index contributed by atoms with van der Waals surface area (Å²) >= 11 is 0. The molecule has 0 aliphatic carbocycles. The van der Waals surface area contributed by atoms with Gasteiger partial charge in [0.2, 0.25) is 0 Å². The van der Waals surface area contributed by atoms with Crippen LogP contribution in [0.2, 0.25) is 0 Å². The third-order valence-corrected chi connectivity index (χ3v) is 4.90. The molecule has 0 aromatic carbocycles. The number of H-pyrrole nitrogens is 1. The van der Waals surface area contributed by atoms with E-state index >= 15 is 0 Å². The lowest BCUT2D eigenvalue weighted by molar-refractivity contribution is -0.0603. The Hall–Kier alpha value is -2.19. The average Bonchev–Trinajstić information content (AvgIpc) is 2.80. The van der Waals surface area contributed by atoms with Crippen LogP contribution in [0.5, 0.6) is 0 Å². The van der Waals surface area contributed by atoms with Crippen molar-refractivity contribution in [2.24, 2.45) is 7.05 Å². The van der Waals surface area contributed by atoms with Crippen molar-refractivity contribution in [2.75, 3.05) is 13.1 Å². The Morgan fingerprint density at radius 1 is 1.46 bits per heavy atom. The summed E-state index contributed by atoms with van der Waals surface area (Å²) in [5.74, 6) is 0. The molecule has 1 saturated heterocycles. The van der Waals surface area contributed by atoms with Gasteiger partial charge in [-0.2, -0.15) is 5.10 Å². The molecule has 2 aromatic heterocycles. The zero-order valence-electron chi connectivity index (χ0n) is 14.2. The van der Waals surface area contributed by atoms with Crippen LogP contribution in [-0.2, 0) is 13.6 Å². The molecule has 24 heavy (non-hydrogen) atoms. The number of piperidine rings is 1. The Balaban J connectivity index is 1.78. The van der Waals surface area contributed by atoms with Gasteiger partial charge in [0, 0.05) is 50.2 Å². The smallest absolute Gasteiger partial charge is 0.328 e. The number of aromatic nitrogens is 4. The van der Waals surface area contributed by atoms with Crippen LogP contribution in [0.25, 0.3) is 0 Å². The highest BCUT2D eigenvalue weighted by Crippen LogP contribution is 2.31. The highest BCUT2D eigenvalue weighted by atomic mass is 16.3. The summed E-state index contributed by atoms with van der Waals surface area (Å²) in [7, 11) is 1.91. The van der Waals surface area contributed by atoms with Crippen molar-refractivity contribution in [3.8, 4) is 0 Å². The predicted molar refractivity (Wildman–Crippen MR) is 88.8 cm³/mol. The van der Waals surface area contributed by atoms with E-state index in [0.29, 0.717) is 19.5 Å². The number of rotatable bonds is 3. The van der Waals surface area contributed by atoms with E-state index in [9.17, 15) is 14.7 Å². The first-order valence-electron chi connectivity index (χ1n) is 8.01. The summed E-state index contributed by atoms with van der Waals surface area (Å²) in [4.78, 5) is 27.7. The summed E-state index contributed by atoms with van der Waals surface area (Å²) in [5.41, 5.74) is 0.252. The molecular weight excluding hydrogens is 310 g/mol. The molecule has 2 aromatic rings. The van der Waals surface area contributed by atoms with Gasteiger partial charge in [0.15, 0.2) is 0 Å². The molecule has 1 aliphatic heterocycles. The molecule has 3 heterocycles. The maximum Gasteiger partial charge on any atom is 0.328 e. The summed E-state index contributed by atoms with van der Waals surface area (Å²) in [6.07, 6.45) is 3.93.